The molecule has 0 aromatic heterocycles. The average Bonchev–Trinajstić information content (AvgIpc) is 2.53. The van der Waals surface area contributed by atoms with Crippen LogP contribution in [0.15, 0.2) is 53.4 Å². The smallest absolute Gasteiger partial charge is 0.337 e. The number of esters is 1. The molecule has 0 bridgehead atoms. The first-order valence-corrected chi connectivity index (χ1v) is 7.37. The summed E-state index contributed by atoms with van der Waals surface area (Å²) in [5.74, 6) is 0.849. The maximum Gasteiger partial charge on any atom is 0.337 e. The molecule has 0 heterocycles. The van der Waals surface area contributed by atoms with E-state index >= 15 is 0 Å². The van der Waals surface area contributed by atoms with E-state index < -0.39 is 0 Å². The van der Waals surface area contributed by atoms with E-state index in [1.165, 1.54) is 19.2 Å². The zero-order chi connectivity index (χ0) is 15.1. The Morgan fingerprint density at radius 1 is 1.10 bits per heavy atom. The molecule has 3 nitrogen and oxygen atoms in total. The Bertz CT molecular complexity index is 581. The molecule has 2 rings (SSSR count). The summed E-state index contributed by atoms with van der Waals surface area (Å²) in [6.45, 7) is 0.527. The summed E-state index contributed by atoms with van der Waals surface area (Å²) in [4.78, 5) is 12.3. The van der Waals surface area contributed by atoms with Gasteiger partial charge in [-0.1, -0.05) is 0 Å². The van der Waals surface area contributed by atoms with Gasteiger partial charge in [-0.15, -0.1) is 11.8 Å². The Morgan fingerprint density at radius 2 is 1.76 bits per heavy atom. The van der Waals surface area contributed by atoms with Crippen LogP contribution in [-0.2, 0) is 4.74 Å². The Kier molecular flexibility index (Phi) is 5.63. The maximum atomic E-state index is 12.7. The van der Waals surface area contributed by atoms with Crippen molar-refractivity contribution in [1.29, 1.82) is 0 Å². The monoisotopic (exact) mass is 306 g/mol. The topological polar surface area (TPSA) is 35.5 Å². The summed E-state index contributed by atoms with van der Waals surface area (Å²) in [5, 5.41) is 0. The molecule has 0 spiro atoms. The fourth-order valence-electron chi connectivity index (χ4n) is 1.65. The van der Waals surface area contributed by atoms with Gasteiger partial charge in [-0.2, -0.15) is 0 Å². The van der Waals surface area contributed by atoms with Crippen LogP contribution in [0.2, 0.25) is 0 Å². The first-order valence-electron chi connectivity index (χ1n) is 6.38. The molecule has 0 radical (unpaired) electrons. The molecule has 5 heteroatoms. The zero-order valence-corrected chi connectivity index (χ0v) is 12.4. The SMILES string of the molecule is COC(=O)c1ccc(OCCSc2ccc(F)cc2)cc1. The molecule has 0 saturated heterocycles. The van der Waals surface area contributed by atoms with E-state index in [1.807, 2.05) is 0 Å². The van der Waals surface area contributed by atoms with Gasteiger partial charge >= 0.3 is 5.97 Å². The number of hydrogen-bond donors (Lipinski definition) is 0. The minimum Gasteiger partial charge on any atom is -0.493 e. The van der Waals surface area contributed by atoms with Gasteiger partial charge in [0.25, 0.3) is 0 Å². The van der Waals surface area contributed by atoms with Crippen molar-refractivity contribution < 1.29 is 18.7 Å². The third kappa shape index (κ3) is 4.79. The zero-order valence-electron chi connectivity index (χ0n) is 11.5. The van der Waals surface area contributed by atoms with Gasteiger partial charge in [0.15, 0.2) is 0 Å². The highest BCUT2D eigenvalue weighted by atomic mass is 32.2. The van der Waals surface area contributed by atoms with E-state index in [2.05, 4.69) is 4.74 Å². The summed E-state index contributed by atoms with van der Waals surface area (Å²) in [6.07, 6.45) is 0. The lowest BCUT2D eigenvalue weighted by atomic mass is 10.2. The molecule has 0 N–H and O–H groups in total. The fourth-order valence-corrected chi connectivity index (χ4v) is 2.39. The number of ether oxygens (including phenoxy) is 2. The molecule has 0 saturated carbocycles. The van der Waals surface area contributed by atoms with Crippen LogP contribution in [0.25, 0.3) is 0 Å². The highest BCUT2D eigenvalue weighted by Crippen LogP contribution is 2.19. The van der Waals surface area contributed by atoms with Crippen LogP contribution in [0, 0.1) is 5.82 Å². The van der Waals surface area contributed by atoms with Crippen LogP contribution in [0.5, 0.6) is 5.75 Å². The van der Waals surface area contributed by atoms with E-state index in [9.17, 15) is 9.18 Å². The molecule has 2 aromatic rings. The van der Waals surface area contributed by atoms with Gasteiger partial charge in [-0.25, -0.2) is 9.18 Å². The molecule has 0 atom stereocenters. The molecular formula is C16H15FO3S. The Labute approximate surface area is 127 Å². The van der Waals surface area contributed by atoms with Crippen molar-refractivity contribution in [3.05, 3.63) is 59.9 Å². The van der Waals surface area contributed by atoms with Crippen LogP contribution >= 0.6 is 11.8 Å². The van der Waals surface area contributed by atoms with Crippen molar-refractivity contribution >= 4 is 17.7 Å². The second kappa shape index (κ2) is 7.69. The van der Waals surface area contributed by atoms with Crippen molar-refractivity contribution in [3.63, 3.8) is 0 Å². The minimum absolute atomic E-state index is 0.235. The van der Waals surface area contributed by atoms with Crippen LogP contribution in [0.1, 0.15) is 10.4 Å². The lowest BCUT2D eigenvalue weighted by Crippen LogP contribution is -2.02. The van der Waals surface area contributed by atoms with Gasteiger partial charge in [0.1, 0.15) is 11.6 Å². The summed E-state index contributed by atoms with van der Waals surface area (Å²) < 4.78 is 22.9. The molecule has 2 aromatic carbocycles. The predicted molar refractivity (Wildman–Crippen MR) is 80.4 cm³/mol. The minimum atomic E-state index is -0.367. The second-order valence-electron chi connectivity index (χ2n) is 4.17. The summed E-state index contributed by atoms with van der Waals surface area (Å²) in [7, 11) is 1.35. The lowest BCUT2D eigenvalue weighted by molar-refractivity contribution is 0.0600. The van der Waals surface area contributed by atoms with E-state index in [1.54, 1.807) is 48.2 Å². The van der Waals surface area contributed by atoms with E-state index in [4.69, 9.17) is 4.74 Å². The molecule has 21 heavy (non-hydrogen) atoms. The standard InChI is InChI=1S/C16H15FO3S/c1-19-16(18)12-2-6-14(7-3-12)20-10-11-21-15-8-4-13(17)5-9-15/h2-9H,10-11H2,1H3. The number of carbonyl (C=O) groups excluding carboxylic acids is 1. The first kappa shape index (κ1) is 15.4. The van der Waals surface area contributed by atoms with Crippen LogP contribution in [0.3, 0.4) is 0 Å². The van der Waals surface area contributed by atoms with Gasteiger partial charge < -0.3 is 9.47 Å². The quantitative estimate of drug-likeness (QED) is 0.462. The molecule has 0 aliphatic heterocycles. The van der Waals surface area contributed by atoms with Gasteiger partial charge in [0.2, 0.25) is 0 Å². The van der Waals surface area contributed by atoms with E-state index in [0.29, 0.717) is 17.9 Å². The number of carbonyl (C=O) groups is 1. The normalized spacial score (nSPS) is 10.2. The van der Waals surface area contributed by atoms with Gasteiger partial charge in [-0.3, -0.25) is 0 Å². The lowest BCUT2D eigenvalue weighted by Gasteiger charge is -2.07. The predicted octanol–water partition coefficient (Wildman–Crippen LogP) is 3.78. The summed E-state index contributed by atoms with van der Waals surface area (Å²) in [6, 6.07) is 13.1. The maximum absolute atomic E-state index is 12.7. The van der Waals surface area contributed by atoms with Crippen molar-refractivity contribution in [3.8, 4) is 5.75 Å². The number of methoxy groups -OCH3 is 1. The van der Waals surface area contributed by atoms with Crippen LogP contribution in [0.4, 0.5) is 4.39 Å². The molecular weight excluding hydrogens is 291 g/mol. The van der Waals surface area contributed by atoms with Gasteiger partial charge in [-0.05, 0) is 48.5 Å². The van der Waals surface area contributed by atoms with Crippen molar-refractivity contribution in [2.75, 3.05) is 19.5 Å². The highest BCUT2D eigenvalue weighted by Gasteiger charge is 2.04. The largest absolute Gasteiger partial charge is 0.493 e. The van der Waals surface area contributed by atoms with E-state index in [0.717, 1.165) is 10.6 Å². The van der Waals surface area contributed by atoms with E-state index in [-0.39, 0.29) is 11.8 Å². The third-order valence-electron chi connectivity index (χ3n) is 2.71. The third-order valence-corrected chi connectivity index (χ3v) is 3.69. The second-order valence-corrected chi connectivity index (χ2v) is 5.34. The molecule has 0 amide bonds. The number of benzene rings is 2. The fraction of sp³-hybridized carbons (Fsp3) is 0.188. The average molecular weight is 306 g/mol. The number of thioether (sulfide) groups is 1. The highest BCUT2D eigenvalue weighted by molar-refractivity contribution is 7.99. The van der Waals surface area contributed by atoms with Crippen molar-refractivity contribution in [2.24, 2.45) is 0 Å². The Hall–Kier alpha value is -2.01. The summed E-state index contributed by atoms with van der Waals surface area (Å²) >= 11 is 1.59. The van der Waals surface area contributed by atoms with Crippen LogP contribution in [-0.4, -0.2) is 25.4 Å². The Balaban J connectivity index is 1.75. The molecule has 0 fully saturated rings. The van der Waals surface area contributed by atoms with Crippen molar-refractivity contribution in [1.82, 2.24) is 0 Å². The number of hydrogen-bond acceptors (Lipinski definition) is 4. The van der Waals surface area contributed by atoms with Gasteiger partial charge in [0, 0.05) is 10.6 Å². The molecule has 0 unspecified atom stereocenters. The molecule has 110 valence electrons. The van der Waals surface area contributed by atoms with Crippen molar-refractivity contribution in [2.45, 2.75) is 4.90 Å². The van der Waals surface area contributed by atoms with Gasteiger partial charge in [0.05, 0.1) is 19.3 Å². The molecule has 0 aliphatic rings. The number of rotatable bonds is 6. The Morgan fingerprint density at radius 3 is 2.38 bits per heavy atom. The first-order chi connectivity index (χ1) is 10.2. The van der Waals surface area contributed by atoms with Crippen LogP contribution < -0.4 is 4.74 Å². The number of halogens is 1. The molecule has 0 aliphatic carbocycles. The summed E-state index contributed by atoms with van der Waals surface area (Å²) in [5.41, 5.74) is 0.491.